The molecule has 3 aromatic heterocycles. The summed E-state index contributed by atoms with van der Waals surface area (Å²) in [7, 11) is -0.805. The first kappa shape index (κ1) is 27.3. The Bertz CT molecular complexity index is 1490. The molecule has 14 nitrogen and oxygen atoms in total. The first-order valence-electron chi connectivity index (χ1n) is 11.5. The largest absolute Gasteiger partial charge is 0.494 e. The summed E-state index contributed by atoms with van der Waals surface area (Å²) in [6, 6.07) is 8.54. The van der Waals surface area contributed by atoms with Crippen molar-refractivity contribution < 1.29 is 32.1 Å². The maximum absolute atomic E-state index is 12.6. The van der Waals surface area contributed by atoms with Gasteiger partial charge in [0.05, 0.1) is 32.4 Å². The first-order valence-corrected chi connectivity index (χ1v) is 13.2. The van der Waals surface area contributed by atoms with E-state index in [0.29, 0.717) is 11.5 Å². The van der Waals surface area contributed by atoms with E-state index in [4.69, 9.17) is 23.7 Å². The highest BCUT2D eigenvalue weighted by atomic mass is 32.2. The van der Waals surface area contributed by atoms with Gasteiger partial charge in [-0.1, -0.05) is 12.1 Å². The zero-order valence-electron chi connectivity index (χ0n) is 21.3. The number of ether oxygens (including phenoxy) is 5. The van der Waals surface area contributed by atoms with Crippen LogP contribution in [-0.4, -0.2) is 71.5 Å². The van der Waals surface area contributed by atoms with Crippen molar-refractivity contribution in [3.63, 3.8) is 0 Å². The van der Waals surface area contributed by atoms with E-state index in [1.165, 1.54) is 45.9 Å². The summed E-state index contributed by atoms with van der Waals surface area (Å²) in [5, 5.41) is 0. The minimum absolute atomic E-state index is 0.00573. The number of sulfonamides is 1. The lowest BCUT2D eigenvalue weighted by Gasteiger charge is -2.17. The van der Waals surface area contributed by atoms with Crippen molar-refractivity contribution in [1.29, 1.82) is 0 Å². The van der Waals surface area contributed by atoms with Gasteiger partial charge in [0.2, 0.25) is 21.6 Å². The van der Waals surface area contributed by atoms with E-state index >= 15 is 0 Å². The minimum atomic E-state index is -3.79. The molecule has 0 aliphatic heterocycles. The molecule has 0 atom stereocenters. The number of hydrogen-bond donors (Lipinski definition) is 1. The van der Waals surface area contributed by atoms with Crippen molar-refractivity contribution in [2.24, 2.45) is 0 Å². The highest BCUT2D eigenvalue weighted by Gasteiger charge is 2.24. The van der Waals surface area contributed by atoms with Crippen LogP contribution in [0.5, 0.6) is 34.9 Å². The number of para-hydroxylation sites is 2. The molecule has 39 heavy (non-hydrogen) atoms. The van der Waals surface area contributed by atoms with Crippen LogP contribution in [0.25, 0.3) is 11.6 Å². The van der Waals surface area contributed by atoms with Crippen LogP contribution in [0.1, 0.15) is 6.92 Å². The van der Waals surface area contributed by atoms with E-state index in [9.17, 15) is 8.42 Å². The number of rotatable bonds is 13. The van der Waals surface area contributed by atoms with Crippen LogP contribution in [0.4, 0.5) is 5.82 Å². The van der Waals surface area contributed by atoms with Crippen molar-refractivity contribution in [2.45, 2.75) is 6.92 Å². The number of methoxy groups -OCH3 is 2. The zero-order chi connectivity index (χ0) is 27.7. The first-order chi connectivity index (χ1) is 18.9. The number of nitrogens with zero attached hydrogens (tertiary/aromatic N) is 6. The lowest BCUT2D eigenvalue weighted by molar-refractivity contribution is 0.197. The van der Waals surface area contributed by atoms with E-state index < -0.39 is 10.0 Å². The number of anilines is 1. The fourth-order valence-electron chi connectivity index (χ4n) is 2.99. The van der Waals surface area contributed by atoms with Gasteiger partial charge in [-0.25, -0.2) is 23.4 Å². The predicted molar refractivity (Wildman–Crippen MR) is 139 cm³/mol. The Kier molecular flexibility index (Phi) is 8.83. The highest BCUT2D eigenvalue weighted by molar-refractivity contribution is 7.92. The molecule has 0 aliphatic rings. The summed E-state index contributed by atoms with van der Waals surface area (Å²) in [6.07, 6.45) is 5.93. The summed E-state index contributed by atoms with van der Waals surface area (Å²) in [4.78, 5) is 25.1. The molecule has 0 saturated heterocycles. The predicted octanol–water partition coefficient (Wildman–Crippen LogP) is 2.75. The number of aromatic nitrogens is 6. The Morgan fingerprint density at radius 3 is 2.18 bits per heavy atom. The fraction of sp³-hybridized carbons (Fsp3) is 0.250. The van der Waals surface area contributed by atoms with Crippen molar-refractivity contribution in [2.75, 3.05) is 37.9 Å². The quantitative estimate of drug-likeness (QED) is 0.239. The van der Waals surface area contributed by atoms with Crippen molar-refractivity contribution >= 4 is 15.8 Å². The molecule has 204 valence electrons. The molecule has 0 saturated carbocycles. The standard InChI is InChI=1S/C24H25N7O7S/c1-4-39(32,33)31-20-19(38-18-9-6-5-8-17(18)35-3)23(30-22(29-20)21-25-10-7-11-26-21)36-12-13-37-24-27-14-16(34-2)15-28-24/h5-11,14-15H,4,12-13H2,1-3H3,(H,29,30,31). The van der Waals surface area contributed by atoms with Gasteiger partial charge in [-0.15, -0.1) is 0 Å². The third kappa shape index (κ3) is 7.16. The summed E-state index contributed by atoms with van der Waals surface area (Å²) in [6.45, 7) is 1.48. The van der Waals surface area contributed by atoms with Crippen molar-refractivity contribution in [3.05, 3.63) is 55.1 Å². The Morgan fingerprint density at radius 2 is 1.51 bits per heavy atom. The number of benzene rings is 1. The van der Waals surface area contributed by atoms with Crippen molar-refractivity contribution in [1.82, 2.24) is 29.9 Å². The van der Waals surface area contributed by atoms with Crippen LogP contribution in [0.2, 0.25) is 0 Å². The summed E-state index contributed by atoms with van der Waals surface area (Å²) in [5.41, 5.74) is 0. The monoisotopic (exact) mass is 555 g/mol. The molecule has 1 N–H and O–H groups in total. The minimum Gasteiger partial charge on any atom is -0.494 e. The summed E-state index contributed by atoms with van der Waals surface area (Å²) >= 11 is 0. The molecule has 0 fully saturated rings. The van der Waals surface area contributed by atoms with Gasteiger partial charge in [-0.3, -0.25) is 4.72 Å². The molecule has 0 unspecified atom stereocenters. The third-order valence-corrected chi connectivity index (χ3v) is 6.17. The Labute approximate surface area is 224 Å². The van der Waals surface area contributed by atoms with Crippen LogP contribution in [-0.2, 0) is 10.0 Å². The average molecular weight is 556 g/mol. The second kappa shape index (κ2) is 12.6. The van der Waals surface area contributed by atoms with E-state index in [1.807, 2.05) is 0 Å². The number of hydrogen-bond acceptors (Lipinski definition) is 13. The van der Waals surface area contributed by atoms with E-state index in [-0.39, 0.29) is 59.8 Å². The lowest BCUT2D eigenvalue weighted by atomic mass is 10.3. The topological polar surface area (TPSA) is 170 Å². The molecule has 0 bridgehead atoms. The smallest absolute Gasteiger partial charge is 0.316 e. The van der Waals surface area contributed by atoms with Gasteiger partial charge >= 0.3 is 6.01 Å². The van der Waals surface area contributed by atoms with E-state index in [2.05, 4.69) is 34.6 Å². The normalized spacial score (nSPS) is 10.9. The molecule has 4 aromatic rings. The Hall–Kier alpha value is -4.79. The molecule has 4 rings (SSSR count). The van der Waals surface area contributed by atoms with Gasteiger partial charge in [0, 0.05) is 12.4 Å². The van der Waals surface area contributed by atoms with Gasteiger partial charge < -0.3 is 23.7 Å². The van der Waals surface area contributed by atoms with Crippen LogP contribution in [0.15, 0.2) is 55.1 Å². The molecule has 0 spiro atoms. The van der Waals surface area contributed by atoms with Gasteiger partial charge in [-0.05, 0) is 25.1 Å². The average Bonchev–Trinajstić information content (AvgIpc) is 2.97. The molecular formula is C24H25N7O7S. The SMILES string of the molecule is CCS(=O)(=O)Nc1nc(-c2ncccn2)nc(OCCOc2ncc(OC)cn2)c1Oc1ccccc1OC. The molecule has 0 aliphatic carbocycles. The molecule has 0 radical (unpaired) electrons. The fourth-order valence-corrected chi connectivity index (χ4v) is 3.57. The number of nitrogens with one attached hydrogen (secondary N) is 1. The zero-order valence-corrected chi connectivity index (χ0v) is 22.1. The Balaban J connectivity index is 1.70. The summed E-state index contributed by atoms with van der Waals surface area (Å²) < 4.78 is 55.4. The lowest BCUT2D eigenvalue weighted by Crippen LogP contribution is -2.18. The van der Waals surface area contributed by atoms with E-state index in [0.717, 1.165) is 0 Å². The van der Waals surface area contributed by atoms with Crippen molar-refractivity contribution in [3.8, 4) is 46.5 Å². The van der Waals surface area contributed by atoms with Gasteiger partial charge in [-0.2, -0.15) is 15.0 Å². The molecule has 1 aromatic carbocycles. The molecule has 0 amide bonds. The van der Waals surface area contributed by atoms with Crippen LogP contribution in [0.3, 0.4) is 0 Å². The second-order valence-corrected chi connectivity index (χ2v) is 9.47. The highest BCUT2D eigenvalue weighted by Crippen LogP contribution is 2.41. The van der Waals surface area contributed by atoms with Crippen LogP contribution in [0, 0.1) is 0 Å². The Morgan fingerprint density at radius 1 is 0.821 bits per heavy atom. The maximum Gasteiger partial charge on any atom is 0.316 e. The van der Waals surface area contributed by atoms with Gasteiger partial charge in [0.1, 0.15) is 13.2 Å². The maximum atomic E-state index is 12.6. The summed E-state index contributed by atoms with van der Waals surface area (Å²) in [5.74, 6) is 0.722. The van der Waals surface area contributed by atoms with E-state index in [1.54, 1.807) is 30.3 Å². The van der Waals surface area contributed by atoms with Crippen LogP contribution >= 0.6 is 0 Å². The molecular weight excluding hydrogens is 530 g/mol. The van der Waals surface area contributed by atoms with Gasteiger partial charge in [0.25, 0.3) is 5.88 Å². The van der Waals surface area contributed by atoms with Gasteiger partial charge in [0.15, 0.2) is 28.9 Å². The van der Waals surface area contributed by atoms with Crippen LogP contribution < -0.4 is 28.4 Å². The third-order valence-electron chi connectivity index (χ3n) is 4.91. The molecule has 15 heteroatoms. The second-order valence-electron chi connectivity index (χ2n) is 7.46. The molecule has 3 heterocycles.